The van der Waals surface area contributed by atoms with Crippen LogP contribution >= 0.6 is 34.2 Å². The predicted octanol–water partition coefficient (Wildman–Crippen LogP) is 2.76. The Morgan fingerprint density at radius 1 is 1.38 bits per heavy atom. The molecule has 0 radical (unpaired) electrons. The summed E-state index contributed by atoms with van der Waals surface area (Å²) in [6.45, 7) is 0. The molecule has 0 aromatic heterocycles. The summed E-state index contributed by atoms with van der Waals surface area (Å²) >= 11 is 8.32. The molecule has 0 saturated carbocycles. The fraction of sp³-hybridized carbons (Fsp3) is 0.400. The average molecular weight is 308 g/mol. The van der Waals surface area contributed by atoms with Crippen LogP contribution in [0.4, 0.5) is 0 Å². The van der Waals surface area contributed by atoms with Gasteiger partial charge in [0.05, 0.1) is 5.02 Å². The van der Waals surface area contributed by atoms with E-state index in [4.69, 9.17) is 17.3 Å². The van der Waals surface area contributed by atoms with E-state index in [0.717, 1.165) is 27.9 Å². The van der Waals surface area contributed by atoms with Crippen LogP contribution in [0.25, 0.3) is 0 Å². The number of hydrogen-bond donors (Lipinski definition) is 1. The minimum absolute atomic E-state index is 0.323. The lowest BCUT2D eigenvalue weighted by molar-refractivity contribution is 0.576. The lowest BCUT2D eigenvalue weighted by Crippen LogP contribution is -2.27. The van der Waals surface area contributed by atoms with E-state index in [9.17, 15) is 0 Å². The molecule has 0 spiro atoms. The van der Waals surface area contributed by atoms with Gasteiger partial charge in [-0.25, -0.2) is 0 Å². The molecule has 2 N–H and O–H groups in total. The van der Waals surface area contributed by atoms with Crippen molar-refractivity contribution >= 4 is 34.2 Å². The van der Waals surface area contributed by atoms with E-state index in [-0.39, 0.29) is 0 Å². The van der Waals surface area contributed by atoms with Gasteiger partial charge in [0.1, 0.15) is 0 Å². The van der Waals surface area contributed by atoms with Crippen molar-refractivity contribution in [3.63, 3.8) is 0 Å². The van der Waals surface area contributed by atoms with Crippen LogP contribution < -0.4 is 5.73 Å². The summed E-state index contributed by atoms with van der Waals surface area (Å²) in [4.78, 5) is 0. The highest BCUT2D eigenvalue weighted by Gasteiger charge is 2.16. The summed E-state index contributed by atoms with van der Waals surface area (Å²) < 4.78 is 1.15. The minimum Gasteiger partial charge on any atom is -0.327 e. The van der Waals surface area contributed by atoms with Gasteiger partial charge in [-0.3, -0.25) is 0 Å². The van der Waals surface area contributed by atoms with Crippen molar-refractivity contribution in [1.29, 1.82) is 0 Å². The van der Waals surface area contributed by atoms with Crippen molar-refractivity contribution < 1.29 is 0 Å². The molecule has 0 aliphatic heterocycles. The normalized spacial score (nSPS) is 21.3. The van der Waals surface area contributed by atoms with Crippen LogP contribution in [-0.4, -0.2) is 6.04 Å². The smallest absolute Gasteiger partial charge is 0.0542 e. The molecule has 13 heavy (non-hydrogen) atoms. The highest BCUT2D eigenvalue weighted by Crippen LogP contribution is 2.27. The molecule has 1 aliphatic carbocycles. The fourth-order valence-electron chi connectivity index (χ4n) is 1.78. The van der Waals surface area contributed by atoms with Gasteiger partial charge in [-0.1, -0.05) is 11.6 Å². The number of rotatable bonds is 0. The summed E-state index contributed by atoms with van der Waals surface area (Å²) in [5.41, 5.74) is 8.66. The summed E-state index contributed by atoms with van der Waals surface area (Å²) in [5, 5.41) is 0.855. The Balaban J connectivity index is 2.43. The molecular formula is C10H11ClIN. The third kappa shape index (κ3) is 2.00. The lowest BCUT2D eigenvalue weighted by atomic mass is 9.89. The van der Waals surface area contributed by atoms with Gasteiger partial charge in [0, 0.05) is 9.61 Å². The first-order valence-corrected chi connectivity index (χ1v) is 5.85. The molecule has 1 aliphatic rings. The second kappa shape index (κ2) is 3.75. The van der Waals surface area contributed by atoms with Crippen molar-refractivity contribution in [2.75, 3.05) is 0 Å². The number of fused-ring (bicyclic) bond motifs is 1. The van der Waals surface area contributed by atoms with Gasteiger partial charge in [-0.05, 0) is 65.1 Å². The highest BCUT2D eigenvalue weighted by atomic mass is 127. The SMILES string of the molecule is NC1CCc2cc(I)c(Cl)cc2C1. The van der Waals surface area contributed by atoms with E-state index in [1.807, 2.05) is 0 Å². The van der Waals surface area contributed by atoms with Crippen molar-refractivity contribution in [2.24, 2.45) is 5.73 Å². The van der Waals surface area contributed by atoms with Gasteiger partial charge < -0.3 is 5.73 Å². The Labute approximate surface area is 96.8 Å². The molecule has 0 fully saturated rings. The maximum atomic E-state index is 6.05. The molecular weight excluding hydrogens is 296 g/mol. The molecule has 1 aromatic carbocycles. The molecule has 1 unspecified atom stereocenters. The van der Waals surface area contributed by atoms with Crippen molar-refractivity contribution in [3.05, 3.63) is 31.9 Å². The van der Waals surface area contributed by atoms with Crippen LogP contribution in [0.15, 0.2) is 12.1 Å². The molecule has 0 amide bonds. The topological polar surface area (TPSA) is 26.0 Å². The maximum Gasteiger partial charge on any atom is 0.0542 e. The molecule has 0 saturated heterocycles. The first kappa shape index (κ1) is 9.74. The van der Waals surface area contributed by atoms with Gasteiger partial charge in [0.15, 0.2) is 0 Å². The van der Waals surface area contributed by atoms with Gasteiger partial charge in [-0.15, -0.1) is 0 Å². The van der Waals surface area contributed by atoms with Crippen LogP contribution in [0, 0.1) is 3.57 Å². The zero-order valence-corrected chi connectivity index (χ0v) is 10.1. The lowest BCUT2D eigenvalue weighted by Gasteiger charge is -2.21. The Bertz CT molecular complexity index is 338. The fourth-order valence-corrected chi connectivity index (χ4v) is 2.50. The van der Waals surface area contributed by atoms with Crippen LogP contribution in [0.2, 0.25) is 5.02 Å². The summed E-state index contributed by atoms with van der Waals surface area (Å²) in [7, 11) is 0. The highest BCUT2D eigenvalue weighted by molar-refractivity contribution is 14.1. The van der Waals surface area contributed by atoms with E-state index in [1.54, 1.807) is 0 Å². The predicted molar refractivity (Wildman–Crippen MR) is 64.2 cm³/mol. The first-order valence-electron chi connectivity index (χ1n) is 4.39. The number of nitrogens with two attached hydrogens (primary N) is 1. The van der Waals surface area contributed by atoms with Crippen molar-refractivity contribution in [2.45, 2.75) is 25.3 Å². The number of hydrogen-bond acceptors (Lipinski definition) is 1. The summed E-state index contributed by atoms with van der Waals surface area (Å²) in [6, 6.07) is 4.57. The first-order chi connectivity index (χ1) is 6.16. The van der Waals surface area contributed by atoms with Crippen molar-refractivity contribution in [3.8, 4) is 0 Å². The van der Waals surface area contributed by atoms with Crippen LogP contribution in [0.5, 0.6) is 0 Å². The zero-order chi connectivity index (χ0) is 9.42. The van der Waals surface area contributed by atoms with E-state index in [1.165, 1.54) is 11.1 Å². The van der Waals surface area contributed by atoms with E-state index < -0.39 is 0 Å². The van der Waals surface area contributed by atoms with Crippen LogP contribution in [0.3, 0.4) is 0 Å². The molecule has 1 nitrogen and oxygen atoms in total. The Morgan fingerprint density at radius 2 is 2.15 bits per heavy atom. The standard InChI is InChI=1S/C10H11ClIN/c11-9-4-7-3-8(13)2-1-6(7)5-10(9)12/h4-5,8H,1-3,13H2. The number of halogens is 2. The molecule has 2 rings (SSSR count). The summed E-state index contributed by atoms with van der Waals surface area (Å²) in [5.74, 6) is 0. The molecule has 1 atom stereocenters. The second-order valence-electron chi connectivity index (χ2n) is 3.54. The quantitative estimate of drug-likeness (QED) is 0.733. The van der Waals surface area contributed by atoms with Gasteiger partial charge in [-0.2, -0.15) is 0 Å². The Kier molecular flexibility index (Phi) is 2.81. The van der Waals surface area contributed by atoms with Crippen LogP contribution in [-0.2, 0) is 12.8 Å². The molecule has 1 aromatic rings. The van der Waals surface area contributed by atoms with Gasteiger partial charge in [0.2, 0.25) is 0 Å². The van der Waals surface area contributed by atoms with Gasteiger partial charge in [0.25, 0.3) is 0 Å². The van der Waals surface area contributed by atoms with Gasteiger partial charge >= 0.3 is 0 Å². The van der Waals surface area contributed by atoms with E-state index in [2.05, 4.69) is 34.7 Å². The van der Waals surface area contributed by atoms with E-state index >= 15 is 0 Å². The monoisotopic (exact) mass is 307 g/mol. The minimum atomic E-state index is 0.323. The summed E-state index contributed by atoms with van der Waals surface area (Å²) in [6.07, 6.45) is 3.18. The zero-order valence-electron chi connectivity index (χ0n) is 7.19. The largest absolute Gasteiger partial charge is 0.327 e. The third-order valence-electron chi connectivity index (χ3n) is 2.51. The average Bonchev–Trinajstić information content (AvgIpc) is 2.08. The van der Waals surface area contributed by atoms with E-state index in [0.29, 0.717) is 6.04 Å². The molecule has 3 heteroatoms. The molecule has 70 valence electrons. The Morgan fingerprint density at radius 3 is 2.92 bits per heavy atom. The maximum absolute atomic E-state index is 6.05. The molecule has 0 bridgehead atoms. The second-order valence-corrected chi connectivity index (χ2v) is 5.11. The number of benzene rings is 1. The van der Waals surface area contributed by atoms with Crippen molar-refractivity contribution in [1.82, 2.24) is 0 Å². The Hall–Kier alpha value is 0.200. The number of aryl methyl sites for hydroxylation is 1. The van der Waals surface area contributed by atoms with Crippen LogP contribution in [0.1, 0.15) is 17.5 Å². The molecule has 0 heterocycles. The third-order valence-corrected chi connectivity index (χ3v) is 4.03.